The molecule has 134 valence electrons. The highest BCUT2D eigenvalue weighted by Gasteiger charge is 2.35. The second-order valence-electron chi connectivity index (χ2n) is 9.65. The highest BCUT2D eigenvalue weighted by atomic mass is 28.3. The van der Waals surface area contributed by atoms with Crippen LogP contribution in [0.1, 0.15) is 36.8 Å². The van der Waals surface area contributed by atoms with Crippen molar-refractivity contribution in [1.82, 2.24) is 0 Å². The van der Waals surface area contributed by atoms with Crippen molar-refractivity contribution in [3.63, 3.8) is 0 Å². The van der Waals surface area contributed by atoms with Crippen LogP contribution in [0.25, 0.3) is 0 Å². The molecule has 0 fully saturated rings. The van der Waals surface area contributed by atoms with Crippen LogP contribution in [0, 0.1) is 0 Å². The van der Waals surface area contributed by atoms with E-state index >= 15 is 0 Å². The molecule has 0 aliphatic heterocycles. The maximum atomic E-state index is 5.59. The fraction of sp³-hybridized carbons (Fsp3) is 0.619. The lowest BCUT2D eigenvalue weighted by atomic mass is 9.74. The van der Waals surface area contributed by atoms with Crippen molar-refractivity contribution >= 4 is 26.5 Å². The van der Waals surface area contributed by atoms with E-state index in [9.17, 15) is 0 Å². The minimum absolute atomic E-state index is 0.214. The van der Waals surface area contributed by atoms with Gasteiger partial charge in [0.05, 0.1) is 22.3 Å². The van der Waals surface area contributed by atoms with E-state index in [-0.39, 0.29) is 6.10 Å². The Bertz CT molecular complexity index is 620. The zero-order valence-corrected chi connectivity index (χ0v) is 19.0. The monoisotopic (exact) mass is 360 g/mol. The molecule has 0 heterocycles. The van der Waals surface area contributed by atoms with Crippen LogP contribution < -0.4 is 10.4 Å². The second kappa shape index (κ2) is 6.93. The van der Waals surface area contributed by atoms with Crippen molar-refractivity contribution in [1.29, 1.82) is 0 Å². The van der Waals surface area contributed by atoms with Crippen LogP contribution in [0.4, 0.5) is 0 Å². The first-order valence-corrected chi connectivity index (χ1v) is 16.3. The molecule has 1 nitrogen and oxygen atoms in total. The van der Waals surface area contributed by atoms with E-state index in [4.69, 9.17) is 4.74 Å². The van der Waals surface area contributed by atoms with Gasteiger partial charge in [-0.15, -0.1) is 0 Å². The highest BCUT2D eigenvalue weighted by molar-refractivity contribution is 6.91. The number of fused-ring (bicyclic) bond motifs is 1. The van der Waals surface area contributed by atoms with E-state index in [1.807, 2.05) is 7.11 Å². The fourth-order valence-corrected chi connectivity index (χ4v) is 6.91. The van der Waals surface area contributed by atoms with Gasteiger partial charge in [-0.25, -0.2) is 0 Å². The van der Waals surface area contributed by atoms with Crippen LogP contribution in [0.15, 0.2) is 24.3 Å². The van der Waals surface area contributed by atoms with E-state index in [1.165, 1.54) is 12.8 Å². The Kier molecular flexibility index (Phi) is 5.68. The van der Waals surface area contributed by atoms with Gasteiger partial charge in [0.2, 0.25) is 0 Å². The largest absolute Gasteiger partial charge is 0.377 e. The van der Waals surface area contributed by atoms with Crippen LogP contribution in [0.3, 0.4) is 0 Å². The van der Waals surface area contributed by atoms with Gasteiger partial charge in [-0.1, -0.05) is 73.9 Å². The Morgan fingerprint density at radius 3 is 2.25 bits per heavy atom. The predicted molar refractivity (Wildman–Crippen MR) is 114 cm³/mol. The van der Waals surface area contributed by atoms with Crippen molar-refractivity contribution in [2.75, 3.05) is 7.11 Å². The molecule has 2 unspecified atom stereocenters. The van der Waals surface area contributed by atoms with Gasteiger partial charge in [-0.3, -0.25) is 0 Å². The number of rotatable bonds is 7. The molecule has 1 aliphatic carbocycles. The van der Waals surface area contributed by atoms with Crippen LogP contribution in [0.5, 0.6) is 0 Å². The summed E-state index contributed by atoms with van der Waals surface area (Å²) in [6.07, 6.45) is 3.79. The van der Waals surface area contributed by atoms with E-state index in [2.05, 4.69) is 64.9 Å². The number of ether oxygens (including phenoxy) is 1. The molecule has 0 spiro atoms. The molecule has 1 aliphatic rings. The summed E-state index contributed by atoms with van der Waals surface area (Å²) in [6, 6.07) is 5.13. The molecule has 1 aromatic carbocycles. The fourth-order valence-electron chi connectivity index (χ4n) is 3.82. The van der Waals surface area contributed by atoms with Crippen molar-refractivity contribution in [2.45, 2.75) is 77.5 Å². The van der Waals surface area contributed by atoms with Gasteiger partial charge in [0.15, 0.2) is 0 Å². The zero-order valence-electron chi connectivity index (χ0n) is 17.0. The van der Waals surface area contributed by atoms with Crippen molar-refractivity contribution in [3.8, 4) is 0 Å². The zero-order chi connectivity index (χ0) is 18.3. The average Bonchev–Trinajstić information content (AvgIpc) is 2.40. The summed E-state index contributed by atoms with van der Waals surface area (Å²) in [4.78, 5) is 0. The molecule has 0 N–H and O–H groups in total. The van der Waals surface area contributed by atoms with Gasteiger partial charge in [0, 0.05) is 7.11 Å². The third-order valence-corrected chi connectivity index (χ3v) is 9.48. The summed E-state index contributed by atoms with van der Waals surface area (Å²) in [5, 5.41) is 3.37. The molecule has 2 atom stereocenters. The number of benzene rings is 1. The molecule has 0 aromatic heterocycles. The minimum atomic E-state index is -1.32. The van der Waals surface area contributed by atoms with Gasteiger partial charge in [-0.2, -0.15) is 0 Å². The van der Waals surface area contributed by atoms with Crippen molar-refractivity contribution in [3.05, 3.63) is 35.4 Å². The Labute approximate surface area is 151 Å². The SMILES string of the molecule is C=C(C)C(CCC1Cc2cc([Si](C)(C)C)cc([Si](C)(C)C)c21)OC. The average molecular weight is 361 g/mol. The quantitative estimate of drug-likeness (QED) is 0.502. The molecular weight excluding hydrogens is 324 g/mol. The van der Waals surface area contributed by atoms with E-state index in [0.29, 0.717) is 0 Å². The molecule has 0 amide bonds. The van der Waals surface area contributed by atoms with Gasteiger partial charge in [-0.05, 0) is 43.2 Å². The van der Waals surface area contributed by atoms with Crippen molar-refractivity contribution in [2.24, 2.45) is 0 Å². The molecule has 0 radical (unpaired) electrons. The van der Waals surface area contributed by atoms with Crippen LogP contribution in [-0.4, -0.2) is 29.4 Å². The summed E-state index contributed by atoms with van der Waals surface area (Å²) >= 11 is 0. The molecule has 2 rings (SSSR count). The van der Waals surface area contributed by atoms with Crippen LogP contribution in [-0.2, 0) is 11.2 Å². The lowest BCUT2D eigenvalue weighted by Crippen LogP contribution is -2.50. The standard InChI is InChI=1S/C21H36OSi2/c1-15(2)19(22-3)11-10-16-12-17-13-18(23(4,5)6)14-20(21(16)17)24(7,8)9/h13-14,16,19H,1,10-12H2,2-9H3. The van der Waals surface area contributed by atoms with Gasteiger partial charge < -0.3 is 4.74 Å². The van der Waals surface area contributed by atoms with Gasteiger partial charge in [0.25, 0.3) is 0 Å². The van der Waals surface area contributed by atoms with Gasteiger partial charge in [0.1, 0.15) is 0 Å². The predicted octanol–water partition coefficient (Wildman–Crippen LogP) is 4.79. The Morgan fingerprint density at radius 1 is 1.17 bits per heavy atom. The molecule has 3 heteroatoms. The first-order chi connectivity index (χ1) is 10.9. The first kappa shape index (κ1) is 19.7. The van der Waals surface area contributed by atoms with E-state index in [0.717, 1.165) is 17.9 Å². The lowest BCUT2D eigenvalue weighted by molar-refractivity contribution is 0.120. The Balaban J connectivity index is 2.29. The number of methoxy groups -OCH3 is 1. The molecule has 24 heavy (non-hydrogen) atoms. The third-order valence-electron chi connectivity index (χ3n) is 5.43. The molecule has 0 bridgehead atoms. The van der Waals surface area contributed by atoms with Crippen LogP contribution >= 0.6 is 0 Å². The maximum Gasteiger partial charge on any atom is 0.0779 e. The first-order valence-electron chi connectivity index (χ1n) is 9.31. The minimum Gasteiger partial charge on any atom is -0.377 e. The normalized spacial score (nSPS) is 18.8. The topological polar surface area (TPSA) is 9.23 Å². The van der Waals surface area contributed by atoms with Crippen LogP contribution in [0.2, 0.25) is 39.3 Å². The Hall–Kier alpha value is -0.646. The summed E-state index contributed by atoms with van der Waals surface area (Å²) in [6.45, 7) is 21.0. The summed E-state index contributed by atoms with van der Waals surface area (Å²) in [5.74, 6) is 0.731. The molecular formula is C21H36OSi2. The maximum absolute atomic E-state index is 5.59. The number of hydrogen-bond acceptors (Lipinski definition) is 1. The second-order valence-corrected chi connectivity index (χ2v) is 19.8. The summed E-state index contributed by atoms with van der Waals surface area (Å²) in [7, 11) is -0.768. The smallest absolute Gasteiger partial charge is 0.0779 e. The summed E-state index contributed by atoms with van der Waals surface area (Å²) < 4.78 is 5.59. The third kappa shape index (κ3) is 4.12. The Morgan fingerprint density at radius 2 is 1.79 bits per heavy atom. The number of hydrogen-bond donors (Lipinski definition) is 0. The molecule has 1 aromatic rings. The lowest BCUT2D eigenvalue weighted by Gasteiger charge is -2.39. The van der Waals surface area contributed by atoms with E-state index < -0.39 is 16.1 Å². The molecule has 0 saturated carbocycles. The van der Waals surface area contributed by atoms with Gasteiger partial charge >= 0.3 is 0 Å². The van der Waals surface area contributed by atoms with Crippen molar-refractivity contribution < 1.29 is 4.74 Å². The summed E-state index contributed by atoms with van der Waals surface area (Å²) in [5.41, 5.74) is 4.49. The molecule has 0 saturated heterocycles. The highest BCUT2D eigenvalue weighted by Crippen LogP contribution is 2.39. The van der Waals surface area contributed by atoms with E-state index in [1.54, 1.807) is 21.5 Å².